The number of carbonyl (C=O) groups is 1. The summed E-state index contributed by atoms with van der Waals surface area (Å²) in [5.74, 6) is -0.377. The summed E-state index contributed by atoms with van der Waals surface area (Å²) in [5, 5.41) is 1.28. The summed E-state index contributed by atoms with van der Waals surface area (Å²) in [4.78, 5) is 24.7. The van der Waals surface area contributed by atoms with Crippen molar-refractivity contribution in [2.24, 2.45) is 0 Å². The largest absolute Gasteiger partial charge is 0.462 e. The van der Waals surface area contributed by atoms with Gasteiger partial charge in [-0.1, -0.05) is 11.8 Å². The first kappa shape index (κ1) is 13.5. The van der Waals surface area contributed by atoms with Crippen LogP contribution in [0, 0.1) is 6.92 Å². The van der Waals surface area contributed by atoms with E-state index in [1.807, 2.05) is 6.26 Å². The number of carbonyl (C=O) groups excluding carboxylic acids is 1. The van der Waals surface area contributed by atoms with Gasteiger partial charge in [0, 0.05) is 11.6 Å². The number of fused-ring (bicyclic) bond motifs is 1. The van der Waals surface area contributed by atoms with E-state index in [-0.39, 0.29) is 18.0 Å². The lowest BCUT2D eigenvalue weighted by molar-refractivity contribution is 0.0529. The SMILES string of the molecule is CCOC(=O)c1c(N)nc(C)c2cnc(SC)nc12. The molecule has 0 bridgehead atoms. The molecule has 0 aliphatic carbocycles. The topological polar surface area (TPSA) is 91.0 Å². The molecule has 0 amide bonds. The second-order valence-corrected chi connectivity index (χ2v) is 4.57. The first-order chi connectivity index (χ1) is 9.08. The molecule has 2 aromatic rings. The second kappa shape index (κ2) is 5.40. The Bertz CT molecular complexity index is 645. The summed E-state index contributed by atoms with van der Waals surface area (Å²) in [6, 6.07) is 0. The summed E-state index contributed by atoms with van der Waals surface area (Å²) in [6.07, 6.45) is 3.52. The van der Waals surface area contributed by atoms with Gasteiger partial charge in [-0.05, 0) is 20.1 Å². The van der Waals surface area contributed by atoms with Crippen molar-refractivity contribution in [1.29, 1.82) is 0 Å². The molecule has 2 aromatic heterocycles. The molecule has 0 spiro atoms. The molecule has 2 rings (SSSR count). The van der Waals surface area contributed by atoms with Crippen LogP contribution in [0.4, 0.5) is 5.82 Å². The van der Waals surface area contributed by atoms with Crippen molar-refractivity contribution in [3.8, 4) is 0 Å². The minimum Gasteiger partial charge on any atom is -0.462 e. The monoisotopic (exact) mass is 278 g/mol. The van der Waals surface area contributed by atoms with Crippen LogP contribution in [0.2, 0.25) is 0 Å². The fourth-order valence-electron chi connectivity index (χ4n) is 1.74. The van der Waals surface area contributed by atoms with E-state index < -0.39 is 5.97 Å². The van der Waals surface area contributed by atoms with Crippen LogP contribution in [0.25, 0.3) is 10.9 Å². The highest BCUT2D eigenvalue weighted by Gasteiger charge is 2.20. The molecule has 0 aromatic carbocycles. The Labute approximate surface area is 114 Å². The molecule has 6 nitrogen and oxygen atoms in total. The van der Waals surface area contributed by atoms with Crippen LogP contribution in [0.1, 0.15) is 23.0 Å². The average Bonchev–Trinajstić information content (AvgIpc) is 2.38. The molecule has 0 fully saturated rings. The summed E-state index contributed by atoms with van der Waals surface area (Å²) in [5.41, 5.74) is 7.22. The quantitative estimate of drug-likeness (QED) is 0.520. The molecule has 0 aliphatic heterocycles. The number of anilines is 1. The Morgan fingerprint density at radius 3 is 2.84 bits per heavy atom. The van der Waals surface area contributed by atoms with E-state index in [1.165, 1.54) is 11.8 Å². The summed E-state index contributed by atoms with van der Waals surface area (Å²) in [7, 11) is 0. The maximum Gasteiger partial charge on any atom is 0.344 e. The highest BCUT2D eigenvalue weighted by molar-refractivity contribution is 7.98. The smallest absolute Gasteiger partial charge is 0.344 e. The third-order valence-corrected chi connectivity index (χ3v) is 3.16. The third-order valence-electron chi connectivity index (χ3n) is 2.60. The molecule has 100 valence electrons. The van der Waals surface area contributed by atoms with E-state index >= 15 is 0 Å². The maximum atomic E-state index is 12.0. The Morgan fingerprint density at radius 2 is 2.21 bits per heavy atom. The van der Waals surface area contributed by atoms with Gasteiger partial charge in [0.25, 0.3) is 0 Å². The number of nitrogen functional groups attached to an aromatic ring is 1. The maximum absolute atomic E-state index is 12.0. The molecule has 19 heavy (non-hydrogen) atoms. The van der Waals surface area contributed by atoms with E-state index in [0.29, 0.717) is 21.8 Å². The minimum atomic E-state index is -0.511. The van der Waals surface area contributed by atoms with Crippen LogP contribution in [0.3, 0.4) is 0 Å². The van der Waals surface area contributed by atoms with Crippen LogP contribution in [0.15, 0.2) is 11.4 Å². The Morgan fingerprint density at radius 1 is 1.47 bits per heavy atom. The highest BCUT2D eigenvalue weighted by Crippen LogP contribution is 2.25. The van der Waals surface area contributed by atoms with Gasteiger partial charge in [-0.2, -0.15) is 0 Å². The minimum absolute atomic E-state index is 0.134. The standard InChI is InChI=1S/C12H14N4O2S/c1-4-18-11(17)8-9-7(6(2)15-10(8)13)5-14-12(16-9)19-3/h5H,4H2,1-3H3,(H2,13,15). The zero-order chi connectivity index (χ0) is 14.0. The zero-order valence-corrected chi connectivity index (χ0v) is 11.7. The van der Waals surface area contributed by atoms with E-state index in [9.17, 15) is 4.79 Å². The number of hydrogen-bond acceptors (Lipinski definition) is 7. The Balaban J connectivity index is 2.76. The van der Waals surface area contributed by atoms with Crippen LogP contribution in [0.5, 0.6) is 0 Å². The van der Waals surface area contributed by atoms with Gasteiger partial charge < -0.3 is 10.5 Å². The van der Waals surface area contributed by atoms with Gasteiger partial charge in [-0.3, -0.25) is 0 Å². The number of aryl methyl sites for hydroxylation is 1. The van der Waals surface area contributed by atoms with E-state index in [0.717, 1.165) is 0 Å². The van der Waals surface area contributed by atoms with Crippen LogP contribution >= 0.6 is 11.8 Å². The first-order valence-corrected chi connectivity index (χ1v) is 6.94. The van der Waals surface area contributed by atoms with Crippen molar-refractivity contribution in [2.45, 2.75) is 19.0 Å². The normalized spacial score (nSPS) is 10.7. The number of pyridine rings is 1. The molecule has 7 heteroatoms. The van der Waals surface area contributed by atoms with Gasteiger partial charge in [0.2, 0.25) is 0 Å². The number of nitrogens with two attached hydrogens (primary N) is 1. The summed E-state index contributed by atoms with van der Waals surface area (Å²) in [6.45, 7) is 3.81. The highest BCUT2D eigenvalue weighted by atomic mass is 32.2. The summed E-state index contributed by atoms with van der Waals surface area (Å²) >= 11 is 1.39. The molecule has 0 unspecified atom stereocenters. The first-order valence-electron chi connectivity index (χ1n) is 5.72. The van der Waals surface area contributed by atoms with Crippen molar-refractivity contribution >= 4 is 34.5 Å². The fourth-order valence-corrected chi connectivity index (χ4v) is 2.08. The van der Waals surface area contributed by atoms with Gasteiger partial charge in [0.05, 0.1) is 17.8 Å². The van der Waals surface area contributed by atoms with Crippen molar-refractivity contribution < 1.29 is 9.53 Å². The van der Waals surface area contributed by atoms with E-state index in [2.05, 4.69) is 15.0 Å². The lowest BCUT2D eigenvalue weighted by Crippen LogP contribution is -2.12. The van der Waals surface area contributed by atoms with Crippen molar-refractivity contribution in [3.05, 3.63) is 17.5 Å². The molecular weight excluding hydrogens is 264 g/mol. The fraction of sp³-hybridized carbons (Fsp3) is 0.333. The van der Waals surface area contributed by atoms with Gasteiger partial charge in [0.15, 0.2) is 5.16 Å². The second-order valence-electron chi connectivity index (χ2n) is 3.80. The van der Waals surface area contributed by atoms with Crippen LogP contribution in [-0.4, -0.2) is 33.8 Å². The zero-order valence-electron chi connectivity index (χ0n) is 10.9. The molecule has 0 saturated carbocycles. The van der Waals surface area contributed by atoms with Crippen molar-refractivity contribution in [3.63, 3.8) is 0 Å². The Hall–Kier alpha value is -1.89. The number of nitrogens with zero attached hydrogens (tertiary/aromatic N) is 3. The molecular formula is C12H14N4O2S. The van der Waals surface area contributed by atoms with Crippen LogP contribution < -0.4 is 5.73 Å². The number of aromatic nitrogens is 3. The van der Waals surface area contributed by atoms with Crippen molar-refractivity contribution in [1.82, 2.24) is 15.0 Å². The van der Waals surface area contributed by atoms with E-state index in [1.54, 1.807) is 20.0 Å². The lowest BCUT2D eigenvalue weighted by atomic mass is 10.1. The number of hydrogen-bond donors (Lipinski definition) is 1. The molecule has 2 N–H and O–H groups in total. The molecule has 0 atom stereocenters. The average molecular weight is 278 g/mol. The molecule has 0 aliphatic rings. The molecule has 2 heterocycles. The van der Waals surface area contributed by atoms with Crippen LogP contribution in [-0.2, 0) is 4.74 Å². The van der Waals surface area contributed by atoms with Gasteiger partial charge in [0.1, 0.15) is 11.4 Å². The van der Waals surface area contributed by atoms with Gasteiger partial charge in [-0.25, -0.2) is 19.7 Å². The number of ether oxygens (including phenoxy) is 1. The van der Waals surface area contributed by atoms with Gasteiger partial charge in [-0.15, -0.1) is 0 Å². The number of thioether (sulfide) groups is 1. The Kier molecular flexibility index (Phi) is 3.84. The molecule has 0 saturated heterocycles. The van der Waals surface area contributed by atoms with E-state index in [4.69, 9.17) is 10.5 Å². The third kappa shape index (κ3) is 2.46. The van der Waals surface area contributed by atoms with Crippen molar-refractivity contribution in [2.75, 3.05) is 18.6 Å². The predicted octanol–water partition coefficient (Wildman–Crippen LogP) is 1.81. The lowest BCUT2D eigenvalue weighted by Gasteiger charge is -2.10. The number of rotatable bonds is 3. The number of esters is 1. The van der Waals surface area contributed by atoms with Gasteiger partial charge >= 0.3 is 5.97 Å². The predicted molar refractivity (Wildman–Crippen MR) is 74.2 cm³/mol. The molecule has 0 radical (unpaired) electrons. The summed E-state index contributed by atoms with van der Waals surface area (Å²) < 4.78 is 5.00.